The molecule has 1 N–H and O–H groups in total. The average molecular weight is 277 g/mol. The van der Waals surface area contributed by atoms with Crippen molar-refractivity contribution in [3.63, 3.8) is 0 Å². The summed E-state index contributed by atoms with van der Waals surface area (Å²) in [6.07, 6.45) is 6.35. The Bertz CT molecular complexity index is 505. The fraction of sp³-hybridized carbons (Fsp3) is 0.500. The van der Waals surface area contributed by atoms with Crippen LogP contribution < -0.4 is 10.2 Å². The molecule has 2 aromatic heterocycles. The Morgan fingerprint density at radius 1 is 1.53 bits per heavy atom. The van der Waals surface area contributed by atoms with Gasteiger partial charge in [0.1, 0.15) is 5.76 Å². The summed E-state index contributed by atoms with van der Waals surface area (Å²) >= 11 is 1.77. The summed E-state index contributed by atoms with van der Waals surface area (Å²) in [4.78, 5) is 8.07. The molecule has 0 bridgehead atoms. The first-order valence-electron chi connectivity index (χ1n) is 6.80. The SMILES string of the molecule is CCN(Cc1ccco1)c1ncc(CNC2CC2)s1. The van der Waals surface area contributed by atoms with E-state index in [0.29, 0.717) is 0 Å². The van der Waals surface area contributed by atoms with Crippen LogP contribution >= 0.6 is 11.3 Å². The maximum absolute atomic E-state index is 5.40. The second kappa shape index (κ2) is 5.75. The highest BCUT2D eigenvalue weighted by atomic mass is 32.1. The molecule has 5 heteroatoms. The molecular weight excluding hydrogens is 258 g/mol. The molecule has 0 atom stereocenters. The van der Waals surface area contributed by atoms with Gasteiger partial charge in [0.15, 0.2) is 5.13 Å². The van der Waals surface area contributed by atoms with Gasteiger partial charge in [0.05, 0.1) is 12.8 Å². The summed E-state index contributed by atoms with van der Waals surface area (Å²) in [5.41, 5.74) is 0. The van der Waals surface area contributed by atoms with Crippen LogP contribution in [0.1, 0.15) is 30.4 Å². The lowest BCUT2D eigenvalue weighted by Gasteiger charge is -2.17. The maximum Gasteiger partial charge on any atom is 0.185 e. The van der Waals surface area contributed by atoms with Crippen LogP contribution in [0, 0.1) is 0 Å². The van der Waals surface area contributed by atoms with E-state index in [9.17, 15) is 0 Å². The van der Waals surface area contributed by atoms with E-state index < -0.39 is 0 Å². The van der Waals surface area contributed by atoms with Gasteiger partial charge in [0, 0.05) is 30.2 Å². The zero-order chi connectivity index (χ0) is 13.1. The molecule has 0 saturated heterocycles. The van der Waals surface area contributed by atoms with Crippen LogP contribution in [0.2, 0.25) is 0 Å². The van der Waals surface area contributed by atoms with Crippen LogP contribution in [0.25, 0.3) is 0 Å². The Morgan fingerprint density at radius 2 is 2.42 bits per heavy atom. The first-order valence-corrected chi connectivity index (χ1v) is 7.62. The number of furan rings is 1. The number of rotatable bonds is 7. The normalized spacial score (nSPS) is 14.8. The van der Waals surface area contributed by atoms with Crippen LogP contribution in [-0.2, 0) is 13.1 Å². The highest BCUT2D eigenvalue weighted by Gasteiger charge is 2.20. The summed E-state index contributed by atoms with van der Waals surface area (Å²) in [5, 5.41) is 4.60. The Morgan fingerprint density at radius 3 is 3.11 bits per heavy atom. The number of aromatic nitrogens is 1. The van der Waals surface area contributed by atoms with Crippen molar-refractivity contribution in [2.45, 2.75) is 38.9 Å². The first kappa shape index (κ1) is 12.7. The van der Waals surface area contributed by atoms with E-state index >= 15 is 0 Å². The zero-order valence-corrected chi connectivity index (χ0v) is 11.9. The Labute approximate surface area is 117 Å². The lowest BCUT2D eigenvalue weighted by Crippen LogP contribution is -2.21. The molecule has 1 fully saturated rings. The van der Waals surface area contributed by atoms with Gasteiger partial charge < -0.3 is 14.6 Å². The zero-order valence-electron chi connectivity index (χ0n) is 11.1. The van der Waals surface area contributed by atoms with Gasteiger partial charge in [-0.15, -0.1) is 11.3 Å². The van der Waals surface area contributed by atoms with E-state index in [-0.39, 0.29) is 0 Å². The van der Waals surface area contributed by atoms with Crippen molar-refractivity contribution in [3.05, 3.63) is 35.2 Å². The van der Waals surface area contributed by atoms with Crippen LogP contribution in [-0.4, -0.2) is 17.6 Å². The molecule has 2 heterocycles. The highest BCUT2D eigenvalue weighted by Crippen LogP contribution is 2.25. The molecule has 1 saturated carbocycles. The van der Waals surface area contributed by atoms with Crippen LogP contribution in [0.15, 0.2) is 29.0 Å². The van der Waals surface area contributed by atoms with Gasteiger partial charge in [-0.05, 0) is 31.9 Å². The Balaban J connectivity index is 1.61. The molecular formula is C14H19N3OS. The summed E-state index contributed by atoms with van der Waals surface area (Å²) < 4.78 is 5.40. The third-order valence-corrected chi connectivity index (χ3v) is 4.32. The predicted molar refractivity (Wildman–Crippen MR) is 77.4 cm³/mol. The predicted octanol–water partition coefficient (Wildman–Crippen LogP) is 3.01. The van der Waals surface area contributed by atoms with Crippen molar-refractivity contribution in [3.8, 4) is 0 Å². The van der Waals surface area contributed by atoms with Crippen molar-refractivity contribution in [1.82, 2.24) is 10.3 Å². The fourth-order valence-electron chi connectivity index (χ4n) is 1.96. The molecule has 1 aliphatic rings. The number of anilines is 1. The highest BCUT2D eigenvalue weighted by molar-refractivity contribution is 7.15. The molecule has 1 aliphatic carbocycles. The number of nitrogens with one attached hydrogen (secondary N) is 1. The van der Waals surface area contributed by atoms with Gasteiger partial charge in [0.25, 0.3) is 0 Å². The number of thiazole rings is 1. The number of hydrogen-bond acceptors (Lipinski definition) is 5. The van der Waals surface area contributed by atoms with E-state index in [2.05, 4.69) is 22.1 Å². The van der Waals surface area contributed by atoms with Crippen molar-refractivity contribution < 1.29 is 4.42 Å². The summed E-state index contributed by atoms with van der Waals surface area (Å²) in [5.74, 6) is 0.981. The minimum atomic E-state index is 0.746. The van der Waals surface area contributed by atoms with E-state index in [1.165, 1.54) is 17.7 Å². The Hall–Kier alpha value is -1.33. The molecule has 19 heavy (non-hydrogen) atoms. The summed E-state index contributed by atoms with van der Waals surface area (Å²) in [6, 6.07) is 4.68. The van der Waals surface area contributed by atoms with Gasteiger partial charge in [-0.25, -0.2) is 4.98 Å². The van der Waals surface area contributed by atoms with E-state index in [1.54, 1.807) is 17.6 Å². The Kier molecular flexibility index (Phi) is 3.84. The lowest BCUT2D eigenvalue weighted by atomic mass is 10.4. The summed E-state index contributed by atoms with van der Waals surface area (Å²) in [6.45, 7) is 4.81. The van der Waals surface area contributed by atoms with Crippen LogP contribution in [0.4, 0.5) is 5.13 Å². The van der Waals surface area contributed by atoms with Gasteiger partial charge in [-0.1, -0.05) is 0 Å². The van der Waals surface area contributed by atoms with Gasteiger partial charge >= 0.3 is 0 Å². The monoisotopic (exact) mass is 277 g/mol. The molecule has 3 rings (SSSR count). The van der Waals surface area contributed by atoms with E-state index in [4.69, 9.17) is 4.42 Å². The molecule has 0 amide bonds. The molecule has 4 nitrogen and oxygen atoms in total. The standard InChI is InChI=1S/C14H19N3OS/c1-2-17(10-12-4-3-7-18-12)14-16-9-13(19-14)8-15-11-5-6-11/h3-4,7,9,11,15H,2,5-6,8,10H2,1H3. The van der Waals surface area contributed by atoms with Gasteiger partial charge in [-0.2, -0.15) is 0 Å². The van der Waals surface area contributed by atoms with Crippen LogP contribution in [0.3, 0.4) is 0 Å². The minimum Gasteiger partial charge on any atom is -0.467 e. The average Bonchev–Trinajstić information content (AvgIpc) is 2.92. The molecule has 0 aliphatic heterocycles. The first-order chi connectivity index (χ1) is 9.35. The van der Waals surface area contributed by atoms with Crippen molar-refractivity contribution in [2.24, 2.45) is 0 Å². The number of nitrogens with zero attached hydrogens (tertiary/aromatic N) is 2. The largest absolute Gasteiger partial charge is 0.467 e. The van der Waals surface area contributed by atoms with Crippen molar-refractivity contribution in [2.75, 3.05) is 11.4 Å². The molecule has 0 spiro atoms. The third kappa shape index (κ3) is 3.36. The molecule has 0 aromatic carbocycles. The molecule has 102 valence electrons. The van der Waals surface area contributed by atoms with Gasteiger partial charge in [0.2, 0.25) is 0 Å². The van der Waals surface area contributed by atoms with E-state index in [1.807, 2.05) is 18.3 Å². The quantitative estimate of drug-likeness (QED) is 0.844. The van der Waals surface area contributed by atoms with E-state index in [0.717, 1.165) is 36.6 Å². The minimum absolute atomic E-state index is 0.746. The van der Waals surface area contributed by atoms with Crippen LogP contribution in [0.5, 0.6) is 0 Å². The number of hydrogen-bond donors (Lipinski definition) is 1. The second-order valence-electron chi connectivity index (χ2n) is 4.86. The van der Waals surface area contributed by atoms with Crippen molar-refractivity contribution in [1.29, 1.82) is 0 Å². The molecule has 0 unspecified atom stereocenters. The smallest absolute Gasteiger partial charge is 0.185 e. The second-order valence-corrected chi connectivity index (χ2v) is 5.95. The van der Waals surface area contributed by atoms with Gasteiger partial charge in [-0.3, -0.25) is 0 Å². The fourth-order valence-corrected chi connectivity index (χ4v) is 2.89. The summed E-state index contributed by atoms with van der Waals surface area (Å²) in [7, 11) is 0. The topological polar surface area (TPSA) is 41.3 Å². The third-order valence-electron chi connectivity index (χ3n) is 3.26. The molecule has 2 aromatic rings. The van der Waals surface area contributed by atoms with Crippen molar-refractivity contribution >= 4 is 16.5 Å². The molecule has 0 radical (unpaired) electrons. The lowest BCUT2D eigenvalue weighted by molar-refractivity contribution is 0.503. The maximum atomic E-state index is 5.40.